The van der Waals surface area contributed by atoms with Crippen LogP contribution in [0.5, 0.6) is 0 Å². The highest BCUT2D eigenvalue weighted by atomic mass is 16.2. The van der Waals surface area contributed by atoms with Gasteiger partial charge in [0.2, 0.25) is 5.91 Å². The molecule has 1 amide bonds. The van der Waals surface area contributed by atoms with E-state index in [1.165, 1.54) is 0 Å². The fourth-order valence-corrected chi connectivity index (χ4v) is 0.537. The van der Waals surface area contributed by atoms with Crippen molar-refractivity contribution in [3.05, 3.63) is 0 Å². The predicted octanol–water partition coefficient (Wildman–Crippen LogP) is -0.502. The van der Waals surface area contributed by atoms with Gasteiger partial charge in [-0.05, 0) is 12.8 Å². The summed E-state index contributed by atoms with van der Waals surface area (Å²) in [5.41, 5.74) is 4.32. The van der Waals surface area contributed by atoms with Gasteiger partial charge in [-0.1, -0.05) is 0 Å². The third-order valence-corrected chi connectivity index (χ3v) is 1.19. The Morgan fingerprint density at radius 1 is 1.67 bits per heavy atom. The molecule has 0 bridgehead atoms. The Morgan fingerprint density at radius 2 is 2.33 bits per heavy atom. The average molecular weight is 125 g/mol. The first-order valence-corrected chi connectivity index (χ1v) is 2.78. The highest BCUT2D eigenvalue weighted by Crippen LogP contribution is 2.28. The highest BCUT2D eigenvalue weighted by molar-refractivity contribution is 5.80. The lowest BCUT2D eigenvalue weighted by molar-refractivity contribution is -0.122. The van der Waals surface area contributed by atoms with E-state index in [1.807, 2.05) is 0 Å². The molecule has 9 heavy (non-hydrogen) atoms. The van der Waals surface area contributed by atoms with Crippen molar-refractivity contribution in [2.75, 3.05) is 0 Å². The van der Waals surface area contributed by atoms with E-state index >= 15 is 0 Å². The Morgan fingerprint density at radius 3 is 2.78 bits per heavy atom. The predicted molar refractivity (Wildman–Crippen MR) is 29.6 cm³/mol. The van der Waals surface area contributed by atoms with Crippen LogP contribution in [0.1, 0.15) is 12.8 Å². The zero-order valence-electron chi connectivity index (χ0n) is 4.85. The molecule has 4 heteroatoms. The summed E-state index contributed by atoms with van der Waals surface area (Å²) in [4.78, 5) is 10.6. The van der Waals surface area contributed by atoms with Gasteiger partial charge >= 0.3 is 0 Å². The molecule has 0 aromatic rings. The van der Waals surface area contributed by atoms with Crippen molar-refractivity contribution in [2.45, 2.75) is 12.8 Å². The molecule has 0 aromatic carbocycles. The normalized spacial score (nSPS) is 15.9. The maximum absolute atomic E-state index is 10.6. The SMILES string of the molecule is N#CNNC(=O)C1CC1. The monoisotopic (exact) mass is 125 g/mol. The van der Waals surface area contributed by atoms with E-state index in [9.17, 15) is 4.79 Å². The van der Waals surface area contributed by atoms with E-state index in [2.05, 4.69) is 10.9 Å². The van der Waals surface area contributed by atoms with Crippen LogP contribution in [0, 0.1) is 17.4 Å². The smallest absolute Gasteiger partial charge is 0.242 e. The van der Waals surface area contributed by atoms with Crippen molar-refractivity contribution < 1.29 is 4.79 Å². The van der Waals surface area contributed by atoms with Gasteiger partial charge in [0, 0.05) is 5.92 Å². The Balaban J connectivity index is 2.12. The lowest BCUT2D eigenvalue weighted by atomic mass is 10.4. The fourth-order valence-electron chi connectivity index (χ4n) is 0.537. The molecule has 0 unspecified atom stereocenters. The first kappa shape index (κ1) is 5.89. The second kappa shape index (κ2) is 2.35. The summed E-state index contributed by atoms with van der Waals surface area (Å²) >= 11 is 0. The molecule has 0 aliphatic heterocycles. The van der Waals surface area contributed by atoms with Gasteiger partial charge in [0.1, 0.15) is 0 Å². The summed E-state index contributed by atoms with van der Waals surface area (Å²) in [5.74, 6) is 0.0856. The van der Waals surface area contributed by atoms with Crippen molar-refractivity contribution in [3.63, 3.8) is 0 Å². The molecule has 1 aliphatic rings. The number of carbonyl (C=O) groups is 1. The summed E-state index contributed by atoms with van der Waals surface area (Å²) in [6.45, 7) is 0. The highest BCUT2D eigenvalue weighted by Gasteiger charge is 2.29. The standard InChI is InChI=1S/C5H7N3O/c6-3-7-8-5(9)4-1-2-4/h4,7H,1-2H2,(H,8,9). The van der Waals surface area contributed by atoms with E-state index in [1.54, 1.807) is 6.19 Å². The Kier molecular flexibility index (Phi) is 1.54. The molecule has 0 heterocycles. The molecule has 1 saturated carbocycles. The van der Waals surface area contributed by atoms with Gasteiger partial charge in [-0.2, -0.15) is 5.26 Å². The number of amides is 1. The number of nitriles is 1. The number of rotatable bonds is 2. The quantitative estimate of drug-likeness (QED) is 0.297. The molecule has 0 saturated heterocycles. The van der Waals surface area contributed by atoms with Crippen molar-refractivity contribution in [3.8, 4) is 6.19 Å². The molecule has 0 radical (unpaired) electrons. The Bertz CT molecular complexity index is 156. The molecule has 4 nitrogen and oxygen atoms in total. The average Bonchev–Trinajstić information content (AvgIpc) is 2.63. The van der Waals surface area contributed by atoms with Crippen LogP contribution in [-0.2, 0) is 4.79 Å². The minimum absolute atomic E-state index is 0.0726. The van der Waals surface area contributed by atoms with E-state index < -0.39 is 0 Å². The second-order valence-corrected chi connectivity index (χ2v) is 2.00. The van der Waals surface area contributed by atoms with Crippen molar-refractivity contribution >= 4 is 5.91 Å². The van der Waals surface area contributed by atoms with Crippen LogP contribution >= 0.6 is 0 Å². The summed E-state index contributed by atoms with van der Waals surface area (Å²) in [6, 6.07) is 0. The Labute approximate surface area is 52.8 Å². The molecule has 0 spiro atoms. The summed E-state index contributed by atoms with van der Waals surface area (Å²) < 4.78 is 0. The van der Waals surface area contributed by atoms with Crippen molar-refractivity contribution in [1.29, 1.82) is 5.26 Å². The number of nitrogens with one attached hydrogen (secondary N) is 2. The molecule has 2 N–H and O–H groups in total. The van der Waals surface area contributed by atoms with Crippen LogP contribution in [-0.4, -0.2) is 5.91 Å². The summed E-state index contributed by atoms with van der Waals surface area (Å²) in [6.07, 6.45) is 3.51. The van der Waals surface area contributed by atoms with Crippen LogP contribution in [0.3, 0.4) is 0 Å². The molecular formula is C5H7N3O. The molecule has 0 aromatic heterocycles. The molecule has 48 valence electrons. The van der Waals surface area contributed by atoms with E-state index in [0.717, 1.165) is 12.8 Å². The van der Waals surface area contributed by atoms with Crippen LogP contribution in [0.2, 0.25) is 0 Å². The molecule has 1 aliphatic carbocycles. The van der Waals surface area contributed by atoms with Gasteiger partial charge in [-0.15, -0.1) is 0 Å². The Hall–Kier alpha value is -1.24. The minimum atomic E-state index is -0.0726. The first-order chi connectivity index (χ1) is 4.34. The zero-order chi connectivity index (χ0) is 6.69. The lowest BCUT2D eigenvalue weighted by Gasteiger charge is -1.96. The summed E-state index contributed by atoms with van der Waals surface area (Å²) in [7, 11) is 0. The zero-order valence-corrected chi connectivity index (χ0v) is 4.85. The van der Waals surface area contributed by atoms with E-state index in [-0.39, 0.29) is 11.8 Å². The maximum Gasteiger partial charge on any atom is 0.242 e. The second-order valence-electron chi connectivity index (χ2n) is 2.00. The first-order valence-electron chi connectivity index (χ1n) is 2.78. The molecule has 0 atom stereocenters. The van der Waals surface area contributed by atoms with E-state index in [4.69, 9.17) is 5.26 Å². The van der Waals surface area contributed by atoms with Gasteiger partial charge in [-0.3, -0.25) is 10.2 Å². The third-order valence-electron chi connectivity index (χ3n) is 1.19. The van der Waals surface area contributed by atoms with Gasteiger partial charge < -0.3 is 0 Å². The van der Waals surface area contributed by atoms with Gasteiger partial charge in [0.05, 0.1) is 0 Å². The fraction of sp³-hybridized carbons (Fsp3) is 0.600. The summed E-state index contributed by atoms with van der Waals surface area (Å²) in [5, 5.41) is 7.94. The van der Waals surface area contributed by atoms with Gasteiger partial charge in [0.15, 0.2) is 6.19 Å². The molecule has 1 rings (SSSR count). The maximum atomic E-state index is 10.6. The van der Waals surface area contributed by atoms with Crippen molar-refractivity contribution in [2.24, 2.45) is 5.92 Å². The molecule has 1 fully saturated rings. The van der Waals surface area contributed by atoms with Crippen molar-refractivity contribution in [1.82, 2.24) is 10.9 Å². The van der Waals surface area contributed by atoms with Crippen LogP contribution in [0.4, 0.5) is 0 Å². The number of hydrogen-bond acceptors (Lipinski definition) is 3. The number of nitrogens with zero attached hydrogens (tertiary/aromatic N) is 1. The largest absolute Gasteiger partial charge is 0.273 e. The number of hydrogen-bond donors (Lipinski definition) is 2. The third kappa shape index (κ3) is 1.61. The van der Waals surface area contributed by atoms with Gasteiger partial charge in [0.25, 0.3) is 0 Å². The number of carbonyl (C=O) groups excluding carboxylic acids is 1. The minimum Gasteiger partial charge on any atom is -0.273 e. The van der Waals surface area contributed by atoms with Gasteiger partial charge in [-0.25, -0.2) is 5.43 Å². The lowest BCUT2D eigenvalue weighted by Crippen LogP contribution is -2.34. The van der Waals surface area contributed by atoms with Crippen LogP contribution in [0.15, 0.2) is 0 Å². The topological polar surface area (TPSA) is 64.9 Å². The van der Waals surface area contributed by atoms with E-state index in [0.29, 0.717) is 0 Å². The van der Waals surface area contributed by atoms with Crippen LogP contribution < -0.4 is 10.9 Å². The molecular weight excluding hydrogens is 118 g/mol. The number of hydrazine groups is 1. The van der Waals surface area contributed by atoms with Crippen LogP contribution in [0.25, 0.3) is 0 Å².